The summed E-state index contributed by atoms with van der Waals surface area (Å²) in [5.41, 5.74) is 1.25. The van der Waals surface area contributed by atoms with Crippen molar-refractivity contribution in [1.29, 1.82) is 0 Å². The van der Waals surface area contributed by atoms with Gasteiger partial charge in [0, 0.05) is 30.3 Å². The van der Waals surface area contributed by atoms with Crippen molar-refractivity contribution in [1.82, 2.24) is 10.2 Å². The van der Waals surface area contributed by atoms with Crippen molar-refractivity contribution >= 4 is 29.9 Å². The van der Waals surface area contributed by atoms with Gasteiger partial charge in [0.25, 0.3) is 0 Å². The van der Waals surface area contributed by atoms with E-state index in [4.69, 9.17) is 4.42 Å². The minimum Gasteiger partial charge on any atom is -0.464 e. The summed E-state index contributed by atoms with van der Waals surface area (Å²) in [7, 11) is -1.70. The lowest BCUT2D eigenvalue weighted by molar-refractivity contribution is -0.131. The number of rotatable bonds is 7. The molecule has 0 radical (unpaired) electrons. The zero-order chi connectivity index (χ0) is 19.6. The molecule has 1 aliphatic heterocycles. The average Bonchev–Trinajstić information content (AvgIpc) is 3.13. The molecule has 1 aliphatic rings. The lowest BCUT2D eigenvalue weighted by Gasteiger charge is -2.31. The average molecular weight is 372 g/mol. The maximum atomic E-state index is 12.3. The number of fused-ring (bicyclic) bond motifs is 1. The Kier molecular flexibility index (Phi) is 5.57. The highest BCUT2D eigenvalue weighted by molar-refractivity contribution is 6.43. The molecule has 3 N–H and O–H groups in total. The summed E-state index contributed by atoms with van der Waals surface area (Å²) in [6, 6.07) is 7.45. The second-order valence-electron chi connectivity index (χ2n) is 7.66. The molecule has 3 rings (SSSR count). The van der Waals surface area contributed by atoms with E-state index < -0.39 is 13.1 Å². The van der Waals surface area contributed by atoms with Crippen molar-refractivity contribution in [3.63, 3.8) is 0 Å². The minimum absolute atomic E-state index is 0.0522. The van der Waals surface area contributed by atoms with Crippen LogP contribution in [0.1, 0.15) is 38.7 Å². The number of carbonyl (C=O) groups is 2. The van der Waals surface area contributed by atoms with Crippen molar-refractivity contribution < 1.29 is 24.1 Å². The zero-order valence-corrected chi connectivity index (χ0v) is 15.6. The van der Waals surface area contributed by atoms with E-state index in [9.17, 15) is 19.6 Å². The van der Waals surface area contributed by atoms with Gasteiger partial charge >= 0.3 is 7.12 Å². The van der Waals surface area contributed by atoms with Gasteiger partial charge in [-0.3, -0.25) is 9.59 Å². The van der Waals surface area contributed by atoms with E-state index in [0.29, 0.717) is 18.5 Å². The third kappa shape index (κ3) is 4.34. The summed E-state index contributed by atoms with van der Waals surface area (Å²) in [6.07, 6.45) is 3.19. The van der Waals surface area contributed by atoms with Crippen LogP contribution >= 0.6 is 0 Å². The molecular formula is C19H25BN2O5. The highest BCUT2D eigenvalue weighted by Gasteiger charge is 2.37. The number of nitrogens with zero attached hydrogens (tertiary/aromatic N) is 1. The van der Waals surface area contributed by atoms with Crippen LogP contribution in [0.2, 0.25) is 0 Å². The van der Waals surface area contributed by atoms with E-state index in [1.165, 1.54) is 0 Å². The van der Waals surface area contributed by atoms with Crippen LogP contribution in [0, 0.1) is 0 Å². The molecule has 0 spiro atoms. The number of hydrogen-bond donors (Lipinski definition) is 3. The van der Waals surface area contributed by atoms with Gasteiger partial charge in [0.05, 0.1) is 12.2 Å². The molecule has 0 aliphatic carbocycles. The first-order valence-electron chi connectivity index (χ1n) is 9.19. The molecule has 2 heterocycles. The van der Waals surface area contributed by atoms with Gasteiger partial charge in [-0.2, -0.15) is 0 Å². The molecule has 2 aromatic rings. The van der Waals surface area contributed by atoms with Crippen LogP contribution in [0.15, 0.2) is 34.9 Å². The minimum atomic E-state index is -1.70. The number of carbonyl (C=O) groups excluding carboxylic acids is 2. The smallest absolute Gasteiger partial charge is 0.464 e. The number of hydrogen-bond acceptors (Lipinski definition) is 5. The van der Waals surface area contributed by atoms with Gasteiger partial charge in [0.15, 0.2) is 0 Å². The topological polar surface area (TPSA) is 103 Å². The molecule has 144 valence electrons. The zero-order valence-electron chi connectivity index (χ0n) is 15.6. The Balaban J connectivity index is 1.61. The standard InChI is InChI=1S/C19H25BN2O5/c1-19(2)9-7-18(24)22(19)10-8-17(23)21-16(20(25)26)11-13-12-27-15-6-4-3-5-14(13)15/h3-6,12,16,25-26H,7-11H2,1-2H3,(H,21,23). The van der Waals surface area contributed by atoms with Gasteiger partial charge in [-0.05, 0) is 38.3 Å². The Morgan fingerprint density at radius 2 is 2.11 bits per heavy atom. The van der Waals surface area contributed by atoms with Crippen molar-refractivity contribution in [2.45, 2.75) is 51.0 Å². The lowest BCUT2D eigenvalue weighted by Crippen LogP contribution is -2.49. The van der Waals surface area contributed by atoms with Gasteiger partial charge in [0.2, 0.25) is 11.8 Å². The monoisotopic (exact) mass is 372 g/mol. The highest BCUT2D eigenvalue weighted by atomic mass is 16.4. The van der Waals surface area contributed by atoms with E-state index in [1.807, 2.05) is 38.1 Å². The molecule has 1 unspecified atom stereocenters. The Morgan fingerprint density at radius 3 is 2.78 bits per heavy atom. The van der Waals surface area contributed by atoms with Gasteiger partial charge < -0.3 is 24.7 Å². The quantitative estimate of drug-likeness (QED) is 0.635. The second-order valence-corrected chi connectivity index (χ2v) is 7.66. The van der Waals surface area contributed by atoms with E-state index in [0.717, 1.165) is 17.4 Å². The Bertz CT molecular complexity index is 832. The summed E-state index contributed by atoms with van der Waals surface area (Å²) >= 11 is 0. The SMILES string of the molecule is CC1(C)CCC(=O)N1CCC(=O)NC(Cc1coc2ccccc12)B(O)O. The fourth-order valence-corrected chi connectivity index (χ4v) is 3.60. The molecule has 1 atom stereocenters. The van der Waals surface area contributed by atoms with Crippen LogP contribution in [0.4, 0.5) is 0 Å². The number of benzene rings is 1. The predicted molar refractivity (Wildman–Crippen MR) is 102 cm³/mol. The number of furan rings is 1. The molecular weight excluding hydrogens is 347 g/mol. The second kappa shape index (κ2) is 7.74. The summed E-state index contributed by atoms with van der Waals surface area (Å²) in [4.78, 5) is 26.0. The lowest BCUT2D eigenvalue weighted by atomic mass is 9.76. The van der Waals surface area contributed by atoms with Crippen molar-refractivity contribution in [3.8, 4) is 0 Å². The van der Waals surface area contributed by atoms with Crippen molar-refractivity contribution in [2.24, 2.45) is 0 Å². The molecule has 1 saturated heterocycles. The molecule has 8 heteroatoms. The summed E-state index contributed by atoms with van der Waals surface area (Å²) in [6.45, 7) is 4.29. The number of nitrogens with one attached hydrogen (secondary N) is 1. The van der Waals surface area contributed by atoms with Crippen LogP contribution in [0.3, 0.4) is 0 Å². The number of amides is 2. The van der Waals surface area contributed by atoms with Gasteiger partial charge in [-0.25, -0.2) is 0 Å². The largest absolute Gasteiger partial charge is 0.475 e. The van der Waals surface area contributed by atoms with Crippen LogP contribution in [-0.4, -0.2) is 51.9 Å². The highest BCUT2D eigenvalue weighted by Crippen LogP contribution is 2.29. The van der Waals surface area contributed by atoms with Crippen LogP contribution < -0.4 is 5.32 Å². The summed E-state index contributed by atoms with van der Waals surface area (Å²) < 4.78 is 5.46. The maximum Gasteiger partial charge on any atom is 0.475 e. The van der Waals surface area contributed by atoms with Crippen LogP contribution in [-0.2, 0) is 16.0 Å². The Morgan fingerprint density at radius 1 is 1.37 bits per heavy atom. The normalized spacial score (nSPS) is 17.3. The fourth-order valence-electron chi connectivity index (χ4n) is 3.60. The molecule has 0 bridgehead atoms. The van der Waals surface area contributed by atoms with Crippen molar-refractivity contribution in [2.75, 3.05) is 6.54 Å². The van der Waals surface area contributed by atoms with Crippen LogP contribution in [0.25, 0.3) is 11.0 Å². The molecule has 7 nitrogen and oxygen atoms in total. The fraction of sp³-hybridized carbons (Fsp3) is 0.474. The van der Waals surface area contributed by atoms with Gasteiger partial charge in [-0.15, -0.1) is 0 Å². The van der Waals surface area contributed by atoms with Gasteiger partial charge in [0.1, 0.15) is 5.58 Å². The summed E-state index contributed by atoms with van der Waals surface area (Å²) in [5, 5.41) is 22.9. The first-order valence-corrected chi connectivity index (χ1v) is 9.19. The number of likely N-dealkylation sites (tertiary alicyclic amines) is 1. The Labute approximate surface area is 158 Å². The molecule has 0 saturated carbocycles. The van der Waals surface area contributed by atoms with E-state index in [1.54, 1.807) is 11.2 Å². The Hall–Kier alpha value is -2.32. The first-order chi connectivity index (χ1) is 12.8. The maximum absolute atomic E-state index is 12.3. The van der Waals surface area contributed by atoms with Gasteiger partial charge in [-0.1, -0.05) is 18.2 Å². The third-order valence-corrected chi connectivity index (χ3v) is 5.25. The third-order valence-electron chi connectivity index (χ3n) is 5.25. The number of para-hydroxylation sites is 1. The van der Waals surface area contributed by atoms with Crippen molar-refractivity contribution in [3.05, 3.63) is 36.1 Å². The molecule has 2 amide bonds. The summed E-state index contributed by atoms with van der Waals surface area (Å²) in [5.74, 6) is -1.13. The molecule has 1 aromatic carbocycles. The van der Waals surface area contributed by atoms with E-state index in [2.05, 4.69) is 5.32 Å². The molecule has 1 fully saturated rings. The van der Waals surface area contributed by atoms with E-state index >= 15 is 0 Å². The van der Waals surface area contributed by atoms with Crippen LogP contribution in [0.5, 0.6) is 0 Å². The van der Waals surface area contributed by atoms with E-state index in [-0.39, 0.29) is 30.2 Å². The molecule has 1 aromatic heterocycles. The first kappa shape index (κ1) is 19.4. The predicted octanol–water partition coefficient (Wildman–Crippen LogP) is 1.26. The molecule has 27 heavy (non-hydrogen) atoms.